The van der Waals surface area contributed by atoms with Crippen LogP contribution in [0, 0.1) is 11.6 Å². The minimum Gasteiger partial charge on any atom is -0.387 e. The Morgan fingerprint density at radius 1 is 1.17 bits per heavy atom. The van der Waals surface area contributed by atoms with Crippen LogP contribution in [0.3, 0.4) is 0 Å². The Morgan fingerprint density at radius 3 is 2.58 bits per heavy atom. The second-order valence-corrected chi connectivity index (χ2v) is 5.60. The SMILES string of the molecule is Br.CCCN(CCc1ccc(F)c(F)c1)CC(O)c1cccnc1. The first-order valence-electron chi connectivity index (χ1n) is 7.84. The zero-order valence-corrected chi connectivity index (χ0v) is 15.4. The third kappa shape index (κ3) is 6.26. The fourth-order valence-corrected chi connectivity index (χ4v) is 2.52. The van der Waals surface area contributed by atoms with Crippen LogP contribution in [-0.4, -0.2) is 34.6 Å². The molecule has 0 aliphatic carbocycles. The van der Waals surface area contributed by atoms with Gasteiger partial charge in [0.25, 0.3) is 0 Å². The first kappa shape index (κ1) is 20.7. The van der Waals surface area contributed by atoms with E-state index in [1.807, 2.05) is 6.07 Å². The molecule has 1 N–H and O–H groups in total. The summed E-state index contributed by atoms with van der Waals surface area (Å²) in [6.07, 6.45) is 4.28. The highest BCUT2D eigenvalue weighted by molar-refractivity contribution is 8.93. The van der Waals surface area contributed by atoms with Gasteiger partial charge in [0.2, 0.25) is 0 Å². The van der Waals surface area contributed by atoms with Crippen molar-refractivity contribution in [3.8, 4) is 0 Å². The van der Waals surface area contributed by atoms with Crippen LogP contribution in [-0.2, 0) is 6.42 Å². The summed E-state index contributed by atoms with van der Waals surface area (Å²) in [5, 5.41) is 10.3. The van der Waals surface area contributed by atoms with Gasteiger partial charge in [-0.1, -0.05) is 19.1 Å². The number of aliphatic hydroxyl groups is 1. The maximum absolute atomic E-state index is 13.2. The van der Waals surface area contributed by atoms with Crippen LogP contribution in [0.25, 0.3) is 0 Å². The molecule has 3 nitrogen and oxygen atoms in total. The molecule has 2 rings (SSSR count). The van der Waals surface area contributed by atoms with E-state index in [9.17, 15) is 13.9 Å². The lowest BCUT2D eigenvalue weighted by atomic mass is 10.1. The minimum absolute atomic E-state index is 0. The summed E-state index contributed by atoms with van der Waals surface area (Å²) in [4.78, 5) is 6.14. The molecular weight excluding hydrogens is 378 g/mol. The third-order valence-corrected chi connectivity index (χ3v) is 3.74. The van der Waals surface area contributed by atoms with Crippen molar-refractivity contribution in [2.24, 2.45) is 0 Å². The fraction of sp³-hybridized carbons (Fsp3) is 0.389. The molecule has 0 amide bonds. The van der Waals surface area contributed by atoms with Crippen LogP contribution >= 0.6 is 17.0 Å². The molecule has 1 heterocycles. The zero-order valence-electron chi connectivity index (χ0n) is 13.7. The lowest BCUT2D eigenvalue weighted by Gasteiger charge is -2.24. The number of hydrogen-bond donors (Lipinski definition) is 1. The van der Waals surface area contributed by atoms with Crippen LogP contribution in [0.2, 0.25) is 0 Å². The summed E-state index contributed by atoms with van der Waals surface area (Å²) < 4.78 is 26.2. The van der Waals surface area contributed by atoms with Crippen molar-refractivity contribution >= 4 is 17.0 Å². The van der Waals surface area contributed by atoms with E-state index < -0.39 is 17.7 Å². The average molecular weight is 401 g/mol. The van der Waals surface area contributed by atoms with Gasteiger partial charge in [-0.3, -0.25) is 4.98 Å². The lowest BCUT2D eigenvalue weighted by molar-refractivity contribution is 0.113. The van der Waals surface area contributed by atoms with Gasteiger partial charge in [-0.2, -0.15) is 0 Å². The van der Waals surface area contributed by atoms with Crippen LogP contribution in [0.4, 0.5) is 8.78 Å². The van der Waals surface area contributed by atoms with Crippen LogP contribution < -0.4 is 0 Å². The number of aromatic nitrogens is 1. The van der Waals surface area contributed by atoms with Crippen LogP contribution in [0.1, 0.15) is 30.6 Å². The molecule has 0 aliphatic heterocycles. The zero-order chi connectivity index (χ0) is 16.7. The highest BCUT2D eigenvalue weighted by Crippen LogP contribution is 2.14. The largest absolute Gasteiger partial charge is 0.387 e. The Kier molecular flexibility index (Phi) is 9.03. The first-order chi connectivity index (χ1) is 11.1. The summed E-state index contributed by atoms with van der Waals surface area (Å²) in [5.74, 6) is -1.65. The molecule has 0 saturated carbocycles. The molecule has 132 valence electrons. The molecule has 0 saturated heterocycles. The molecule has 24 heavy (non-hydrogen) atoms. The molecule has 1 aromatic heterocycles. The van der Waals surface area contributed by atoms with Gasteiger partial charge in [0, 0.05) is 31.0 Å². The van der Waals surface area contributed by atoms with Crippen LogP contribution in [0.5, 0.6) is 0 Å². The van der Waals surface area contributed by atoms with E-state index in [0.717, 1.165) is 30.2 Å². The number of benzene rings is 1. The average Bonchev–Trinajstić information content (AvgIpc) is 2.56. The number of rotatable bonds is 8. The second-order valence-electron chi connectivity index (χ2n) is 5.60. The third-order valence-electron chi connectivity index (χ3n) is 3.74. The predicted octanol–water partition coefficient (Wildman–Crippen LogP) is 3.93. The van der Waals surface area contributed by atoms with E-state index >= 15 is 0 Å². The normalized spacial score (nSPS) is 12.0. The number of aliphatic hydroxyl groups excluding tert-OH is 1. The van der Waals surface area contributed by atoms with E-state index in [2.05, 4.69) is 16.8 Å². The smallest absolute Gasteiger partial charge is 0.159 e. The Balaban J connectivity index is 0.00000288. The Morgan fingerprint density at radius 2 is 1.96 bits per heavy atom. The van der Waals surface area contributed by atoms with E-state index in [4.69, 9.17) is 0 Å². The quantitative estimate of drug-likeness (QED) is 0.729. The van der Waals surface area contributed by atoms with Crippen molar-refractivity contribution in [2.75, 3.05) is 19.6 Å². The van der Waals surface area contributed by atoms with Crippen molar-refractivity contribution in [3.05, 3.63) is 65.5 Å². The van der Waals surface area contributed by atoms with Crippen molar-refractivity contribution in [1.29, 1.82) is 0 Å². The molecule has 6 heteroatoms. The van der Waals surface area contributed by atoms with Gasteiger partial charge in [-0.15, -0.1) is 17.0 Å². The van der Waals surface area contributed by atoms with Gasteiger partial charge in [0.05, 0.1) is 6.10 Å². The maximum Gasteiger partial charge on any atom is 0.159 e. The Bertz CT molecular complexity index is 613. The molecule has 1 aromatic carbocycles. The van der Waals surface area contributed by atoms with Crippen molar-refractivity contribution in [2.45, 2.75) is 25.9 Å². The van der Waals surface area contributed by atoms with Gasteiger partial charge in [0.15, 0.2) is 11.6 Å². The molecule has 1 unspecified atom stereocenters. The summed E-state index contributed by atoms with van der Waals surface area (Å²) >= 11 is 0. The summed E-state index contributed by atoms with van der Waals surface area (Å²) in [6, 6.07) is 7.62. The number of pyridine rings is 1. The predicted molar refractivity (Wildman–Crippen MR) is 96.3 cm³/mol. The number of halogens is 3. The molecule has 0 radical (unpaired) electrons. The molecule has 2 aromatic rings. The number of hydrogen-bond acceptors (Lipinski definition) is 3. The van der Waals surface area contributed by atoms with E-state index in [1.54, 1.807) is 24.5 Å². The molecular formula is C18H23BrF2N2O. The van der Waals surface area contributed by atoms with Gasteiger partial charge in [-0.25, -0.2) is 8.78 Å². The highest BCUT2D eigenvalue weighted by atomic mass is 79.9. The summed E-state index contributed by atoms with van der Waals surface area (Å²) in [5.41, 5.74) is 1.53. The van der Waals surface area contributed by atoms with Crippen molar-refractivity contribution in [3.63, 3.8) is 0 Å². The van der Waals surface area contributed by atoms with Gasteiger partial charge >= 0.3 is 0 Å². The van der Waals surface area contributed by atoms with E-state index in [0.29, 0.717) is 19.5 Å². The highest BCUT2D eigenvalue weighted by Gasteiger charge is 2.13. The number of nitrogens with zero attached hydrogens (tertiary/aromatic N) is 2. The monoisotopic (exact) mass is 400 g/mol. The maximum atomic E-state index is 13.2. The van der Waals surface area contributed by atoms with Crippen molar-refractivity contribution < 1.29 is 13.9 Å². The Hall–Kier alpha value is -1.37. The Labute approximate surface area is 152 Å². The minimum atomic E-state index is -0.828. The fourth-order valence-electron chi connectivity index (χ4n) is 2.52. The molecule has 0 bridgehead atoms. The summed E-state index contributed by atoms with van der Waals surface area (Å²) in [7, 11) is 0. The summed E-state index contributed by atoms with van der Waals surface area (Å²) in [6.45, 7) is 4.07. The van der Waals surface area contributed by atoms with Gasteiger partial charge in [0.1, 0.15) is 0 Å². The van der Waals surface area contributed by atoms with E-state index in [1.165, 1.54) is 6.07 Å². The first-order valence-corrected chi connectivity index (χ1v) is 7.84. The lowest BCUT2D eigenvalue weighted by Crippen LogP contribution is -2.31. The molecule has 0 fully saturated rings. The van der Waals surface area contributed by atoms with Gasteiger partial charge < -0.3 is 10.0 Å². The van der Waals surface area contributed by atoms with Crippen LogP contribution in [0.15, 0.2) is 42.7 Å². The molecule has 1 atom stereocenters. The van der Waals surface area contributed by atoms with E-state index in [-0.39, 0.29) is 17.0 Å². The second kappa shape index (κ2) is 10.5. The molecule has 0 aliphatic rings. The standard InChI is InChI=1S/C18H22F2N2O.BrH/c1-2-9-22(13-18(23)15-4-3-8-21-12-15)10-7-14-5-6-16(19)17(20)11-14;/h3-6,8,11-12,18,23H,2,7,9-10,13H2,1H3;1H. The van der Waals surface area contributed by atoms with Gasteiger partial charge in [-0.05, 0) is 43.1 Å². The topological polar surface area (TPSA) is 36.4 Å². The van der Waals surface area contributed by atoms with Crippen molar-refractivity contribution in [1.82, 2.24) is 9.88 Å². The molecule has 0 spiro atoms.